The van der Waals surface area contributed by atoms with E-state index in [1.165, 1.54) is 0 Å². The van der Waals surface area contributed by atoms with Gasteiger partial charge in [-0.1, -0.05) is 6.07 Å². The third-order valence-electron chi connectivity index (χ3n) is 2.98. The first-order valence-electron chi connectivity index (χ1n) is 6.80. The number of nitro benzene ring substituents is 1. The summed E-state index contributed by atoms with van der Waals surface area (Å²) in [5.41, 5.74) is 2.18. The van der Waals surface area contributed by atoms with Crippen LogP contribution in [-0.2, 0) is 4.79 Å². The lowest BCUT2D eigenvalue weighted by molar-refractivity contribution is -0.385. The maximum absolute atomic E-state index is 13.2. The zero-order valence-electron chi connectivity index (χ0n) is 12.6. The molecule has 0 saturated heterocycles. The van der Waals surface area contributed by atoms with Crippen LogP contribution in [0.2, 0.25) is 0 Å². The molecule has 0 aliphatic rings. The van der Waals surface area contributed by atoms with Gasteiger partial charge in [0.15, 0.2) is 6.61 Å². The summed E-state index contributed by atoms with van der Waals surface area (Å²) >= 11 is 0. The van der Waals surface area contributed by atoms with Crippen molar-refractivity contribution < 1.29 is 18.8 Å². The van der Waals surface area contributed by atoms with Crippen LogP contribution in [0.4, 0.5) is 15.8 Å². The molecule has 1 amide bonds. The Morgan fingerprint density at radius 2 is 1.87 bits per heavy atom. The van der Waals surface area contributed by atoms with Crippen molar-refractivity contribution in [2.24, 2.45) is 0 Å². The Labute approximate surface area is 132 Å². The Balaban J connectivity index is 2.04. The average molecular weight is 318 g/mol. The van der Waals surface area contributed by atoms with Crippen molar-refractivity contribution in [2.45, 2.75) is 13.8 Å². The van der Waals surface area contributed by atoms with Crippen LogP contribution in [0.3, 0.4) is 0 Å². The van der Waals surface area contributed by atoms with E-state index >= 15 is 0 Å². The second kappa shape index (κ2) is 6.87. The highest BCUT2D eigenvalue weighted by molar-refractivity contribution is 5.92. The summed E-state index contributed by atoms with van der Waals surface area (Å²) in [4.78, 5) is 22.0. The summed E-state index contributed by atoms with van der Waals surface area (Å²) in [6.45, 7) is 3.34. The van der Waals surface area contributed by atoms with E-state index < -0.39 is 28.9 Å². The number of nitro groups is 1. The van der Waals surface area contributed by atoms with Crippen molar-refractivity contribution in [1.82, 2.24) is 0 Å². The number of rotatable bonds is 5. The van der Waals surface area contributed by atoms with E-state index in [4.69, 9.17) is 4.74 Å². The highest BCUT2D eigenvalue weighted by atomic mass is 19.1. The van der Waals surface area contributed by atoms with Crippen LogP contribution in [0.25, 0.3) is 0 Å². The molecular formula is C16H15FN2O4. The van der Waals surface area contributed by atoms with E-state index in [1.807, 2.05) is 19.9 Å². The van der Waals surface area contributed by atoms with Gasteiger partial charge in [-0.05, 0) is 43.2 Å². The number of halogens is 1. The lowest BCUT2D eigenvalue weighted by atomic mass is 10.1. The summed E-state index contributed by atoms with van der Waals surface area (Å²) in [6, 6.07) is 8.36. The summed E-state index contributed by atoms with van der Waals surface area (Å²) in [5, 5.41) is 13.5. The van der Waals surface area contributed by atoms with Crippen LogP contribution in [0.15, 0.2) is 36.4 Å². The monoisotopic (exact) mass is 318 g/mol. The number of hydrogen-bond acceptors (Lipinski definition) is 4. The zero-order chi connectivity index (χ0) is 17.0. The third kappa shape index (κ3) is 4.50. The van der Waals surface area contributed by atoms with Crippen LogP contribution >= 0.6 is 0 Å². The quantitative estimate of drug-likeness (QED) is 0.677. The standard InChI is InChI=1S/C16H15FN2O4/c1-10-5-11(2)7-13(6-10)18-16(20)9-23-15-8-12(17)3-4-14(15)19(21)22/h3-8H,9H2,1-2H3,(H,18,20). The number of amides is 1. The Morgan fingerprint density at radius 3 is 2.48 bits per heavy atom. The van der Waals surface area contributed by atoms with E-state index in [0.717, 1.165) is 29.3 Å². The number of hydrogen-bond donors (Lipinski definition) is 1. The first-order valence-corrected chi connectivity index (χ1v) is 6.80. The predicted molar refractivity (Wildman–Crippen MR) is 83.1 cm³/mol. The second-order valence-corrected chi connectivity index (χ2v) is 5.08. The molecule has 0 bridgehead atoms. The van der Waals surface area contributed by atoms with Crippen LogP contribution in [0.1, 0.15) is 11.1 Å². The first kappa shape index (κ1) is 16.4. The van der Waals surface area contributed by atoms with Crippen molar-refractivity contribution in [1.29, 1.82) is 0 Å². The SMILES string of the molecule is Cc1cc(C)cc(NC(=O)COc2cc(F)ccc2[N+](=O)[O-])c1. The van der Waals surface area contributed by atoms with E-state index in [0.29, 0.717) is 5.69 Å². The van der Waals surface area contributed by atoms with Crippen molar-refractivity contribution in [3.05, 3.63) is 63.5 Å². The number of ether oxygens (including phenoxy) is 1. The maximum Gasteiger partial charge on any atom is 0.311 e. The van der Waals surface area contributed by atoms with Gasteiger partial charge in [0.1, 0.15) is 5.82 Å². The summed E-state index contributed by atoms with van der Waals surface area (Å²) in [7, 11) is 0. The first-order chi connectivity index (χ1) is 10.8. The predicted octanol–water partition coefficient (Wildman–Crippen LogP) is 3.37. The molecule has 0 saturated carbocycles. The molecule has 0 unspecified atom stereocenters. The van der Waals surface area contributed by atoms with Gasteiger partial charge < -0.3 is 10.1 Å². The van der Waals surface area contributed by atoms with Crippen LogP contribution in [-0.4, -0.2) is 17.4 Å². The van der Waals surface area contributed by atoms with Crippen molar-refractivity contribution in [3.63, 3.8) is 0 Å². The minimum atomic E-state index is -0.698. The molecule has 0 fully saturated rings. The molecule has 1 N–H and O–H groups in total. The fourth-order valence-electron chi connectivity index (χ4n) is 2.14. The van der Waals surface area contributed by atoms with Gasteiger partial charge in [-0.3, -0.25) is 14.9 Å². The molecule has 0 heterocycles. The van der Waals surface area contributed by atoms with E-state index in [2.05, 4.69) is 5.32 Å². The summed E-state index contributed by atoms with van der Waals surface area (Å²) in [6.07, 6.45) is 0. The van der Waals surface area contributed by atoms with Crippen LogP contribution in [0, 0.1) is 29.8 Å². The number of anilines is 1. The molecule has 0 radical (unpaired) electrons. The molecular weight excluding hydrogens is 303 g/mol. The van der Waals surface area contributed by atoms with Crippen molar-refractivity contribution in [3.8, 4) is 5.75 Å². The number of benzene rings is 2. The normalized spacial score (nSPS) is 10.2. The van der Waals surface area contributed by atoms with Crippen molar-refractivity contribution in [2.75, 3.05) is 11.9 Å². The molecule has 0 spiro atoms. The largest absolute Gasteiger partial charge is 0.477 e. The van der Waals surface area contributed by atoms with Gasteiger partial charge in [0.2, 0.25) is 5.75 Å². The topological polar surface area (TPSA) is 81.5 Å². The van der Waals surface area contributed by atoms with Crippen LogP contribution < -0.4 is 10.1 Å². The molecule has 0 aliphatic carbocycles. The number of nitrogens with zero attached hydrogens (tertiary/aromatic N) is 1. The van der Waals surface area contributed by atoms with Gasteiger partial charge >= 0.3 is 5.69 Å². The van der Waals surface area contributed by atoms with Gasteiger partial charge in [0.25, 0.3) is 5.91 Å². The van der Waals surface area contributed by atoms with Gasteiger partial charge in [-0.15, -0.1) is 0 Å². The van der Waals surface area contributed by atoms with Gasteiger partial charge in [-0.2, -0.15) is 0 Å². The fraction of sp³-hybridized carbons (Fsp3) is 0.188. The molecule has 2 rings (SSSR count). The lowest BCUT2D eigenvalue weighted by Crippen LogP contribution is -2.20. The lowest BCUT2D eigenvalue weighted by Gasteiger charge is -2.09. The number of nitrogens with one attached hydrogen (secondary N) is 1. The molecule has 6 nitrogen and oxygen atoms in total. The van der Waals surface area contributed by atoms with Crippen molar-refractivity contribution >= 4 is 17.3 Å². The Morgan fingerprint density at radius 1 is 1.22 bits per heavy atom. The minimum Gasteiger partial charge on any atom is -0.477 e. The molecule has 0 aliphatic heterocycles. The van der Waals surface area contributed by atoms with Gasteiger partial charge in [0, 0.05) is 17.8 Å². The number of carbonyl (C=O) groups is 1. The maximum atomic E-state index is 13.2. The molecule has 120 valence electrons. The molecule has 0 atom stereocenters. The third-order valence-corrected chi connectivity index (χ3v) is 2.98. The fourth-order valence-corrected chi connectivity index (χ4v) is 2.14. The highest BCUT2D eigenvalue weighted by Crippen LogP contribution is 2.27. The molecule has 2 aromatic rings. The van der Waals surface area contributed by atoms with Gasteiger partial charge in [-0.25, -0.2) is 4.39 Å². The minimum absolute atomic E-state index is 0.287. The molecule has 7 heteroatoms. The molecule has 23 heavy (non-hydrogen) atoms. The Bertz CT molecular complexity index is 741. The average Bonchev–Trinajstić information content (AvgIpc) is 2.43. The smallest absolute Gasteiger partial charge is 0.311 e. The summed E-state index contributed by atoms with van der Waals surface area (Å²) < 4.78 is 18.2. The number of aryl methyl sites for hydroxylation is 2. The number of carbonyl (C=O) groups excluding carboxylic acids is 1. The van der Waals surface area contributed by atoms with E-state index in [-0.39, 0.29) is 5.75 Å². The zero-order valence-corrected chi connectivity index (χ0v) is 12.6. The van der Waals surface area contributed by atoms with Gasteiger partial charge in [0.05, 0.1) is 4.92 Å². The Kier molecular flexibility index (Phi) is 4.90. The van der Waals surface area contributed by atoms with E-state index in [9.17, 15) is 19.3 Å². The Hall–Kier alpha value is -2.96. The van der Waals surface area contributed by atoms with E-state index in [1.54, 1.807) is 12.1 Å². The second-order valence-electron chi connectivity index (χ2n) is 5.08. The van der Waals surface area contributed by atoms with Crippen LogP contribution in [0.5, 0.6) is 5.75 Å². The summed E-state index contributed by atoms with van der Waals surface area (Å²) in [5.74, 6) is -1.46. The molecule has 0 aromatic heterocycles. The molecule has 2 aromatic carbocycles. The highest BCUT2D eigenvalue weighted by Gasteiger charge is 2.17.